The predicted molar refractivity (Wildman–Crippen MR) is 63.2 cm³/mol. The molecule has 0 saturated carbocycles. The molecule has 0 aromatic carbocycles. The van der Waals surface area contributed by atoms with Gasteiger partial charge >= 0.3 is 0 Å². The molecule has 0 fully saturated rings. The van der Waals surface area contributed by atoms with Gasteiger partial charge in [0.15, 0.2) is 0 Å². The summed E-state index contributed by atoms with van der Waals surface area (Å²) in [4.78, 5) is 19.4. The highest BCUT2D eigenvalue weighted by molar-refractivity contribution is 5.92. The fourth-order valence-electron chi connectivity index (χ4n) is 0.969. The van der Waals surface area contributed by atoms with E-state index in [0.29, 0.717) is 18.9 Å². The molecule has 0 bridgehead atoms. The molecule has 0 radical (unpaired) electrons. The van der Waals surface area contributed by atoms with Crippen molar-refractivity contribution in [2.24, 2.45) is 0 Å². The van der Waals surface area contributed by atoms with E-state index in [2.05, 4.69) is 33.8 Å². The summed E-state index contributed by atoms with van der Waals surface area (Å²) < 4.78 is 0. The van der Waals surface area contributed by atoms with Crippen molar-refractivity contribution in [2.45, 2.75) is 0 Å². The van der Waals surface area contributed by atoms with Crippen LogP contribution in [0.1, 0.15) is 10.5 Å². The molecule has 0 aliphatic carbocycles. The summed E-state index contributed by atoms with van der Waals surface area (Å²) in [5.41, 5.74) is 0.283. The lowest BCUT2D eigenvalue weighted by atomic mass is 10.4. The molecule has 1 rings (SSSR count). The van der Waals surface area contributed by atoms with Crippen LogP contribution in [0, 0.1) is 0 Å². The number of nitrogens with zero attached hydrogens (tertiary/aromatic N) is 2. The summed E-state index contributed by atoms with van der Waals surface area (Å²) in [6, 6.07) is 0. The molecule has 1 amide bonds. The third kappa shape index (κ3) is 3.53. The molecule has 0 atom stereocenters. The number of carbonyl (C=O) groups is 1. The number of amides is 1. The summed E-state index contributed by atoms with van der Waals surface area (Å²) in [7, 11) is 0. The maximum atomic E-state index is 11.4. The zero-order valence-corrected chi connectivity index (χ0v) is 8.94. The van der Waals surface area contributed by atoms with Crippen LogP contribution < -0.4 is 10.6 Å². The number of carbonyl (C=O) groups excluding carboxylic acids is 1. The minimum atomic E-state index is -0.261. The molecule has 0 unspecified atom stereocenters. The molecule has 1 aromatic rings. The van der Waals surface area contributed by atoms with E-state index in [1.807, 2.05) is 0 Å². The van der Waals surface area contributed by atoms with Crippen LogP contribution in [0.25, 0.3) is 0 Å². The predicted octanol–water partition coefficient (Wildman–Crippen LogP) is 0.990. The molecule has 16 heavy (non-hydrogen) atoms. The normalized spacial score (nSPS) is 9.25. The molecule has 1 aromatic heterocycles. The fourth-order valence-corrected chi connectivity index (χ4v) is 0.969. The van der Waals surface area contributed by atoms with Gasteiger partial charge in [0.2, 0.25) is 0 Å². The Morgan fingerprint density at radius 1 is 1.25 bits per heavy atom. The molecule has 5 heteroatoms. The zero-order chi connectivity index (χ0) is 11.8. The number of anilines is 1. The zero-order valence-electron chi connectivity index (χ0n) is 8.94. The standard InChI is InChI=1S/C11H14N4O/c1-3-5-12-10-8-14-9(7-15-10)11(16)13-6-4-2/h3-4,7-8H,1-2,5-6H2,(H,12,15)(H,13,16). The molecule has 1 heterocycles. The van der Waals surface area contributed by atoms with E-state index in [0.717, 1.165) is 0 Å². The van der Waals surface area contributed by atoms with E-state index < -0.39 is 0 Å². The van der Waals surface area contributed by atoms with Crippen molar-refractivity contribution in [3.8, 4) is 0 Å². The summed E-state index contributed by atoms with van der Waals surface area (Å²) in [5, 5.41) is 5.58. The van der Waals surface area contributed by atoms with Gasteiger partial charge in [0, 0.05) is 13.1 Å². The monoisotopic (exact) mass is 218 g/mol. The maximum absolute atomic E-state index is 11.4. The Morgan fingerprint density at radius 3 is 2.56 bits per heavy atom. The quantitative estimate of drug-likeness (QED) is 0.699. The van der Waals surface area contributed by atoms with Gasteiger partial charge in [-0.2, -0.15) is 0 Å². The van der Waals surface area contributed by atoms with E-state index in [9.17, 15) is 4.79 Å². The first kappa shape index (κ1) is 11.9. The number of hydrogen-bond acceptors (Lipinski definition) is 4. The van der Waals surface area contributed by atoms with Crippen LogP contribution in [0.5, 0.6) is 0 Å². The van der Waals surface area contributed by atoms with Gasteiger partial charge in [-0.25, -0.2) is 9.97 Å². The number of rotatable bonds is 6. The summed E-state index contributed by atoms with van der Waals surface area (Å²) in [6.07, 6.45) is 6.24. The molecule has 0 spiro atoms. The number of hydrogen-bond donors (Lipinski definition) is 2. The first-order chi connectivity index (χ1) is 7.77. The van der Waals surface area contributed by atoms with Gasteiger partial charge in [-0.15, -0.1) is 13.2 Å². The lowest BCUT2D eigenvalue weighted by Crippen LogP contribution is -2.24. The third-order valence-corrected chi connectivity index (χ3v) is 1.72. The molecule has 2 N–H and O–H groups in total. The van der Waals surface area contributed by atoms with E-state index in [1.54, 1.807) is 12.2 Å². The second-order valence-corrected chi connectivity index (χ2v) is 2.96. The van der Waals surface area contributed by atoms with Crippen molar-refractivity contribution in [3.05, 3.63) is 43.4 Å². The van der Waals surface area contributed by atoms with E-state index >= 15 is 0 Å². The average Bonchev–Trinajstić information content (AvgIpc) is 2.34. The van der Waals surface area contributed by atoms with Gasteiger partial charge in [-0.05, 0) is 0 Å². The molecule has 0 aliphatic heterocycles. The fraction of sp³-hybridized carbons (Fsp3) is 0.182. The minimum Gasteiger partial charge on any atom is -0.365 e. The number of nitrogens with one attached hydrogen (secondary N) is 2. The largest absolute Gasteiger partial charge is 0.365 e. The van der Waals surface area contributed by atoms with Crippen LogP contribution in [0.2, 0.25) is 0 Å². The van der Waals surface area contributed by atoms with Crippen LogP contribution in [0.15, 0.2) is 37.7 Å². The molecular formula is C11H14N4O. The van der Waals surface area contributed by atoms with Crippen LogP contribution >= 0.6 is 0 Å². The van der Waals surface area contributed by atoms with E-state index in [1.165, 1.54) is 12.4 Å². The minimum absolute atomic E-state index is 0.261. The third-order valence-electron chi connectivity index (χ3n) is 1.72. The Kier molecular flexibility index (Phi) is 4.72. The number of aromatic nitrogens is 2. The Balaban J connectivity index is 2.59. The molecule has 84 valence electrons. The Morgan fingerprint density at radius 2 is 2.00 bits per heavy atom. The summed E-state index contributed by atoms with van der Waals surface area (Å²) in [5.74, 6) is 0.350. The van der Waals surface area contributed by atoms with E-state index in [-0.39, 0.29) is 11.6 Å². The highest BCUT2D eigenvalue weighted by Gasteiger charge is 2.05. The van der Waals surface area contributed by atoms with Crippen molar-refractivity contribution in [2.75, 3.05) is 18.4 Å². The first-order valence-corrected chi connectivity index (χ1v) is 4.84. The van der Waals surface area contributed by atoms with Gasteiger partial charge in [-0.1, -0.05) is 12.2 Å². The molecule has 0 saturated heterocycles. The van der Waals surface area contributed by atoms with Crippen LogP contribution in [-0.4, -0.2) is 29.0 Å². The Bertz CT molecular complexity index is 372. The van der Waals surface area contributed by atoms with E-state index in [4.69, 9.17) is 0 Å². The molecule has 0 aliphatic rings. The molecular weight excluding hydrogens is 204 g/mol. The molecule has 5 nitrogen and oxygen atoms in total. The Labute approximate surface area is 94.3 Å². The smallest absolute Gasteiger partial charge is 0.271 e. The first-order valence-electron chi connectivity index (χ1n) is 4.84. The second kappa shape index (κ2) is 6.34. The van der Waals surface area contributed by atoms with Crippen LogP contribution in [0.3, 0.4) is 0 Å². The highest BCUT2D eigenvalue weighted by Crippen LogP contribution is 2.00. The van der Waals surface area contributed by atoms with Gasteiger partial charge in [-0.3, -0.25) is 4.79 Å². The lowest BCUT2D eigenvalue weighted by Gasteiger charge is -2.03. The second-order valence-electron chi connectivity index (χ2n) is 2.96. The maximum Gasteiger partial charge on any atom is 0.271 e. The lowest BCUT2D eigenvalue weighted by molar-refractivity contribution is 0.0952. The van der Waals surface area contributed by atoms with Crippen molar-refractivity contribution in [1.82, 2.24) is 15.3 Å². The van der Waals surface area contributed by atoms with Crippen molar-refractivity contribution in [1.29, 1.82) is 0 Å². The highest BCUT2D eigenvalue weighted by atomic mass is 16.1. The van der Waals surface area contributed by atoms with Crippen LogP contribution in [-0.2, 0) is 0 Å². The Hall–Kier alpha value is -2.17. The van der Waals surface area contributed by atoms with Crippen molar-refractivity contribution >= 4 is 11.7 Å². The van der Waals surface area contributed by atoms with Gasteiger partial charge in [0.25, 0.3) is 5.91 Å². The van der Waals surface area contributed by atoms with Gasteiger partial charge in [0.05, 0.1) is 12.4 Å². The van der Waals surface area contributed by atoms with Crippen molar-refractivity contribution in [3.63, 3.8) is 0 Å². The topological polar surface area (TPSA) is 66.9 Å². The van der Waals surface area contributed by atoms with Gasteiger partial charge < -0.3 is 10.6 Å². The van der Waals surface area contributed by atoms with Gasteiger partial charge in [0.1, 0.15) is 11.5 Å². The average molecular weight is 218 g/mol. The van der Waals surface area contributed by atoms with Crippen molar-refractivity contribution < 1.29 is 4.79 Å². The summed E-state index contributed by atoms with van der Waals surface area (Å²) >= 11 is 0. The summed E-state index contributed by atoms with van der Waals surface area (Å²) in [6.45, 7) is 8.10. The van der Waals surface area contributed by atoms with Crippen LogP contribution in [0.4, 0.5) is 5.82 Å². The SMILES string of the molecule is C=CCNC(=O)c1cnc(NCC=C)cn1.